The summed E-state index contributed by atoms with van der Waals surface area (Å²) in [6.45, 7) is 2.11. The highest BCUT2D eigenvalue weighted by atomic mass is 32.2. The smallest absolute Gasteiger partial charge is 0.232 e. The van der Waals surface area contributed by atoms with E-state index >= 15 is 0 Å². The van der Waals surface area contributed by atoms with E-state index in [-0.39, 0.29) is 5.95 Å². The Kier molecular flexibility index (Phi) is 5.97. The number of benzene rings is 1. The minimum Gasteiger partial charge on any atom is -0.495 e. The van der Waals surface area contributed by atoms with Gasteiger partial charge in [0.2, 0.25) is 17.8 Å². The van der Waals surface area contributed by atoms with Crippen molar-refractivity contribution >= 4 is 35.3 Å². The number of methoxy groups -OCH3 is 1. The lowest BCUT2D eigenvalue weighted by Crippen LogP contribution is -2.31. The number of hydrogen-bond acceptors (Lipinski definition) is 10. The number of para-hydroxylation sites is 2. The first-order valence-corrected chi connectivity index (χ1v) is 11.9. The number of aromatic nitrogens is 6. The molecular formula is C21H27N9OS. The van der Waals surface area contributed by atoms with Gasteiger partial charge in [0.1, 0.15) is 11.6 Å². The number of nitrogens with zero attached hydrogens (tertiary/aromatic N) is 7. The van der Waals surface area contributed by atoms with Crippen LogP contribution in [0.3, 0.4) is 0 Å². The molecule has 2 aliphatic rings. The maximum atomic E-state index is 5.96. The van der Waals surface area contributed by atoms with E-state index in [0.29, 0.717) is 29.3 Å². The molecule has 0 radical (unpaired) electrons. The Morgan fingerprint density at radius 3 is 2.69 bits per heavy atom. The molecule has 1 saturated heterocycles. The maximum Gasteiger partial charge on any atom is 0.232 e. The third-order valence-corrected chi connectivity index (χ3v) is 6.52. The summed E-state index contributed by atoms with van der Waals surface area (Å²) in [5.41, 5.74) is 6.72. The minimum absolute atomic E-state index is 0.172. The molecule has 1 aliphatic heterocycles. The molecule has 3 heterocycles. The van der Waals surface area contributed by atoms with Crippen molar-refractivity contribution in [2.45, 2.75) is 49.1 Å². The summed E-state index contributed by atoms with van der Waals surface area (Å²) in [4.78, 5) is 15.5. The van der Waals surface area contributed by atoms with Crippen molar-refractivity contribution < 1.29 is 4.74 Å². The van der Waals surface area contributed by atoms with Gasteiger partial charge in [0.05, 0.1) is 18.6 Å². The summed E-state index contributed by atoms with van der Waals surface area (Å²) >= 11 is 1.59. The second-order valence-corrected chi connectivity index (χ2v) is 8.92. The van der Waals surface area contributed by atoms with Gasteiger partial charge in [0.25, 0.3) is 0 Å². The first-order chi connectivity index (χ1) is 15.7. The van der Waals surface area contributed by atoms with Crippen LogP contribution in [0.15, 0.2) is 29.4 Å². The van der Waals surface area contributed by atoms with Crippen LogP contribution in [0.25, 0.3) is 0 Å². The van der Waals surface area contributed by atoms with E-state index in [1.165, 1.54) is 32.1 Å². The summed E-state index contributed by atoms with van der Waals surface area (Å²) < 4.78 is 7.69. The second-order valence-electron chi connectivity index (χ2n) is 7.98. The van der Waals surface area contributed by atoms with E-state index in [1.54, 1.807) is 18.9 Å². The monoisotopic (exact) mass is 453 g/mol. The Morgan fingerprint density at radius 2 is 1.91 bits per heavy atom. The van der Waals surface area contributed by atoms with Crippen molar-refractivity contribution in [1.29, 1.82) is 0 Å². The molecule has 5 rings (SSSR count). The average Bonchev–Trinajstić information content (AvgIpc) is 3.57. The highest BCUT2D eigenvalue weighted by Crippen LogP contribution is 2.41. The van der Waals surface area contributed by atoms with Crippen LogP contribution in [-0.4, -0.2) is 49.9 Å². The van der Waals surface area contributed by atoms with E-state index in [4.69, 9.17) is 10.5 Å². The van der Waals surface area contributed by atoms with Crippen LogP contribution in [0.1, 0.15) is 44.0 Å². The number of anilines is 4. The molecule has 1 saturated carbocycles. The molecule has 1 aromatic carbocycles. The van der Waals surface area contributed by atoms with Gasteiger partial charge in [-0.25, -0.2) is 0 Å². The Bertz CT molecular complexity index is 1080. The van der Waals surface area contributed by atoms with Gasteiger partial charge in [-0.15, -0.1) is 10.2 Å². The van der Waals surface area contributed by atoms with Gasteiger partial charge in [-0.1, -0.05) is 23.9 Å². The van der Waals surface area contributed by atoms with Gasteiger partial charge < -0.3 is 20.7 Å². The lowest BCUT2D eigenvalue weighted by molar-refractivity contribution is 0.417. The Hall–Kier alpha value is -3.08. The molecule has 32 heavy (non-hydrogen) atoms. The number of thioether (sulfide) groups is 1. The van der Waals surface area contributed by atoms with Crippen molar-refractivity contribution in [2.24, 2.45) is 0 Å². The maximum absolute atomic E-state index is 5.96. The van der Waals surface area contributed by atoms with Crippen LogP contribution < -0.4 is 20.7 Å². The van der Waals surface area contributed by atoms with Crippen molar-refractivity contribution in [3.8, 4) is 5.75 Å². The molecule has 168 valence electrons. The van der Waals surface area contributed by atoms with Crippen LogP contribution in [0.5, 0.6) is 5.75 Å². The molecule has 0 atom stereocenters. The van der Waals surface area contributed by atoms with E-state index in [2.05, 4.69) is 39.9 Å². The Morgan fingerprint density at radius 1 is 1.09 bits per heavy atom. The van der Waals surface area contributed by atoms with Crippen LogP contribution in [-0.2, 0) is 5.75 Å². The molecule has 0 spiro atoms. The molecule has 0 amide bonds. The molecule has 1 aliphatic carbocycles. The van der Waals surface area contributed by atoms with Gasteiger partial charge >= 0.3 is 0 Å². The zero-order valence-corrected chi connectivity index (χ0v) is 18.9. The van der Waals surface area contributed by atoms with Crippen LogP contribution in [0.2, 0.25) is 0 Å². The predicted octanol–water partition coefficient (Wildman–Crippen LogP) is 3.42. The molecule has 10 nitrogen and oxygen atoms in total. The summed E-state index contributed by atoms with van der Waals surface area (Å²) in [5, 5.41) is 13.1. The molecular weight excluding hydrogens is 426 g/mol. The fourth-order valence-electron chi connectivity index (χ4n) is 3.89. The SMILES string of the molecule is COc1ccccc1Nc1nc(N)nc(CSc2nnc(N3CCCCC3)n2C2CC2)n1. The summed E-state index contributed by atoms with van der Waals surface area (Å²) in [6.07, 6.45) is 6.08. The molecule has 0 bridgehead atoms. The highest BCUT2D eigenvalue weighted by Gasteiger charge is 2.32. The zero-order chi connectivity index (χ0) is 21.9. The molecule has 11 heteroatoms. The summed E-state index contributed by atoms with van der Waals surface area (Å²) in [6, 6.07) is 8.08. The van der Waals surface area contributed by atoms with E-state index in [1.807, 2.05) is 24.3 Å². The predicted molar refractivity (Wildman–Crippen MR) is 124 cm³/mol. The minimum atomic E-state index is 0.172. The lowest BCUT2D eigenvalue weighted by atomic mass is 10.1. The van der Waals surface area contributed by atoms with E-state index in [9.17, 15) is 0 Å². The fraction of sp³-hybridized carbons (Fsp3) is 0.476. The third kappa shape index (κ3) is 4.57. The third-order valence-electron chi connectivity index (χ3n) is 5.58. The van der Waals surface area contributed by atoms with Gasteiger partial charge in [-0.05, 0) is 44.2 Å². The Labute approximate surface area is 191 Å². The summed E-state index contributed by atoms with van der Waals surface area (Å²) in [5.74, 6) is 3.37. The molecule has 0 unspecified atom stereocenters. The summed E-state index contributed by atoms with van der Waals surface area (Å²) in [7, 11) is 1.62. The first-order valence-electron chi connectivity index (χ1n) is 10.9. The van der Waals surface area contributed by atoms with E-state index in [0.717, 1.165) is 29.9 Å². The second kappa shape index (κ2) is 9.19. The number of nitrogens with one attached hydrogen (secondary N) is 1. The molecule has 2 fully saturated rings. The average molecular weight is 454 g/mol. The van der Waals surface area contributed by atoms with Gasteiger partial charge in [0, 0.05) is 19.1 Å². The van der Waals surface area contributed by atoms with E-state index < -0.39 is 0 Å². The van der Waals surface area contributed by atoms with Gasteiger partial charge in [0.15, 0.2) is 5.16 Å². The van der Waals surface area contributed by atoms with Gasteiger partial charge in [-0.3, -0.25) is 4.57 Å². The van der Waals surface area contributed by atoms with Gasteiger partial charge in [-0.2, -0.15) is 15.0 Å². The van der Waals surface area contributed by atoms with Crippen molar-refractivity contribution in [3.63, 3.8) is 0 Å². The number of nitrogen functional groups attached to an aromatic ring is 1. The topological polar surface area (TPSA) is 120 Å². The highest BCUT2D eigenvalue weighted by molar-refractivity contribution is 7.98. The standard InChI is InChI=1S/C21H27N9OS/c1-31-16-8-4-3-7-15(16)23-19-25-17(24-18(22)26-19)13-32-21-28-27-20(30(21)14-9-10-14)29-11-5-2-6-12-29/h3-4,7-8,14H,2,5-6,9-13H2,1H3,(H3,22,23,24,25,26). The first kappa shape index (κ1) is 20.8. The normalized spacial score (nSPS) is 16.2. The zero-order valence-electron chi connectivity index (χ0n) is 18.1. The molecule has 3 N–H and O–H groups in total. The van der Waals surface area contributed by atoms with Crippen LogP contribution in [0, 0.1) is 0 Å². The van der Waals surface area contributed by atoms with Crippen molar-refractivity contribution in [2.75, 3.05) is 36.1 Å². The number of ether oxygens (including phenoxy) is 1. The number of hydrogen-bond donors (Lipinski definition) is 2. The quantitative estimate of drug-likeness (QED) is 0.491. The Balaban J connectivity index is 1.32. The number of nitrogens with two attached hydrogens (primary N) is 1. The van der Waals surface area contributed by atoms with Crippen molar-refractivity contribution in [3.05, 3.63) is 30.1 Å². The lowest BCUT2D eigenvalue weighted by Gasteiger charge is -2.27. The largest absolute Gasteiger partial charge is 0.495 e. The number of piperidine rings is 1. The fourth-order valence-corrected chi connectivity index (χ4v) is 4.74. The van der Waals surface area contributed by atoms with Crippen LogP contribution >= 0.6 is 11.8 Å². The molecule has 3 aromatic rings. The molecule has 2 aromatic heterocycles. The number of rotatable bonds is 8. The van der Waals surface area contributed by atoms with Crippen molar-refractivity contribution in [1.82, 2.24) is 29.7 Å². The van der Waals surface area contributed by atoms with Crippen LogP contribution in [0.4, 0.5) is 23.5 Å².